The highest BCUT2D eigenvalue weighted by atomic mass is 35.5. The monoisotopic (exact) mass is 433 g/mol. The highest BCUT2D eigenvalue weighted by Gasteiger charge is 2.29. The Labute approximate surface area is 177 Å². The van der Waals surface area contributed by atoms with Crippen molar-refractivity contribution in [3.63, 3.8) is 0 Å². The molecule has 0 radical (unpaired) electrons. The lowest BCUT2D eigenvalue weighted by atomic mass is 9.79. The second kappa shape index (κ2) is 10.4. The van der Waals surface area contributed by atoms with E-state index in [0.717, 1.165) is 11.3 Å². The highest BCUT2D eigenvalue weighted by Crippen LogP contribution is 2.34. The molecule has 0 aliphatic heterocycles. The summed E-state index contributed by atoms with van der Waals surface area (Å²) in [6, 6.07) is 12.9. The van der Waals surface area contributed by atoms with Gasteiger partial charge in [-0.05, 0) is 50.1 Å². The standard InChI is InChI=1S/C20H25Cl2NO3.ClH/c1-20(2,23)16(13-7-9-15(25-3)10-8-13)11-14(24)12-26-18-6-4-5-17(21)19(18)22;/h4-10,14,16,24H,11-12,23H2,1-3H3;1H/t14-,16?;/m0./s1. The lowest BCUT2D eigenvalue weighted by Crippen LogP contribution is -2.41. The Kier molecular flexibility index (Phi) is 9.19. The molecule has 7 heteroatoms. The normalized spacial score (nSPS) is 13.4. The molecule has 1 unspecified atom stereocenters. The van der Waals surface area contributed by atoms with Crippen LogP contribution in [0.3, 0.4) is 0 Å². The molecular formula is C20H26Cl3NO3. The molecule has 0 aliphatic carbocycles. The lowest BCUT2D eigenvalue weighted by Gasteiger charge is -2.32. The Hall–Kier alpha value is -1.17. The average molecular weight is 435 g/mol. The van der Waals surface area contributed by atoms with Crippen LogP contribution in [0.25, 0.3) is 0 Å². The van der Waals surface area contributed by atoms with E-state index in [1.165, 1.54) is 0 Å². The Morgan fingerprint density at radius 1 is 1.11 bits per heavy atom. The van der Waals surface area contributed by atoms with E-state index < -0.39 is 11.6 Å². The van der Waals surface area contributed by atoms with E-state index in [1.807, 2.05) is 38.1 Å². The molecule has 0 heterocycles. The summed E-state index contributed by atoms with van der Waals surface area (Å²) in [6.45, 7) is 4.00. The fraction of sp³-hybridized carbons (Fsp3) is 0.400. The minimum Gasteiger partial charge on any atom is -0.497 e. The number of rotatable bonds is 8. The molecule has 0 saturated heterocycles. The van der Waals surface area contributed by atoms with Gasteiger partial charge >= 0.3 is 0 Å². The van der Waals surface area contributed by atoms with Gasteiger partial charge in [-0.25, -0.2) is 0 Å². The van der Waals surface area contributed by atoms with Crippen LogP contribution >= 0.6 is 35.6 Å². The molecule has 4 nitrogen and oxygen atoms in total. The molecule has 3 N–H and O–H groups in total. The fourth-order valence-electron chi connectivity index (χ4n) is 2.83. The Balaban J connectivity index is 0.00000364. The average Bonchev–Trinajstić information content (AvgIpc) is 2.60. The van der Waals surface area contributed by atoms with Crippen molar-refractivity contribution in [1.82, 2.24) is 0 Å². The van der Waals surface area contributed by atoms with Gasteiger partial charge in [-0.3, -0.25) is 0 Å². The van der Waals surface area contributed by atoms with Crippen LogP contribution in [0.2, 0.25) is 10.0 Å². The van der Waals surface area contributed by atoms with Crippen molar-refractivity contribution >= 4 is 35.6 Å². The lowest BCUT2D eigenvalue weighted by molar-refractivity contribution is 0.0862. The molecule has 0 fully saturated rings. The third-order valence-corrected chi connectivity index (χ3v) is 5.07. The minimum atomic E-state index is -0.708. The first-order valence-corrected chi connectivity index (χ1v) is 9.15. The van der Waals surface area contributed by atoms with Gasteiger partial charge in [0.2, 0.25) is 0 Å². The molecule has 2 aromatic carbocycles. The number of aliphatic hydroxyl groups is 1. The predicted molar refractivity (Wildman–Crippen MR) is 114 cm³/mol. The molecule has 2 aromatic rings. The zero-order valence-electron chi connectivity index (χ0n) is 15.6. The first kappa shape index (κ1) is 23.9. The fourth-order valence-corrected chi connectivity index (χ4v) is 3.17. The Bertz CT molecular complexity index is 717. The summed E-state index contributed by atoms with van der Waals surface area (Å²) in [5.74, 6) is 1.18. The van der Waals surface area contributed by atoms with Crippen molar-refractivity contribution in [3.05, 3.63) is 58.1 Å². The number of nitrogens with two attached hydrogens (primary N) is 1. The molecule has 0 amide bonds. The molecule has 0 aromatic heterocycles. The van der Waals surface area contributed by atoms with Crippen LogP contribution in [0.15, 0.2) is 42.5 Å². The highest BCUT2D eigenvalue weighted by molar-refractivity contribution is 6.42. The van der Waals surface area contributed by atoms with E-state index in [0.29, 0.717) is 22.2 Å². The van der Waals surface area contributed by atoms with Crippen molar-refractivity contribution in [2.75, 3.05) is 13.7 Å². The van der Waals surface area contributed by atoms with E-state index in [4.69, 9.17) is 38.4 Å². The van der Waals surface area contributed by atoms with Gasteiger partial charge in [-0.15, -0.1) is 12.4 Å². The maximum absolute atomic E-state index is 10.5. The second-order valence-corrected chi connectivity index (χ2v) is 7.68. The predicted octanol–water partition coefficient (Wildman–Crippen LogP) is 5.07. The van der Waals surface area contributed by atoms with Gasteiger partial charge in [-0.1, -0.05) is 41.4 Å². The number of methoxy groups -OCH3 is 1. The summed E-state index contributed by atoms with van der Waals surface area (Å²) in [7, 11) is 1.63. The third kappa shape index (κ3) is 6.74. The SMILES string of the molecule is COc1ccc(C(C[C@H](O)COc2cccc(Cl)c2Cl)C(C)(C)N)cc1.Cl. The van der Waals surface area contributed by atoms with Crippen LogP contribution in [-0.4, -0.2) is 30.5 Å². The molecule has 27 heavy (non-hydrogen) atoms. The quantitative estimate of drug-likeness (QED) is 0.608. The maximum atomic E-state index is 10.5. The summed E-state index contributed by atoms with van der Waals surface area (Å²) in [6.07, 6.45) is -0.256. The summed E-state index contributed by atoms with van der Waals surface area (Å²) in [5.41, 5.74) is 6.89. The largest absolute Gasteiger partial charge is 0.497 e. The van der Waals surface area contributed by atoms with Crippen LogP contribution in [0.4, 0.5) is 0 Å². The Morgan fingerprint density at radius 2 is 1.74 bits per heavy atom. The summed E-state index contributed by atoms with van der Waals surface area (Å²) >= 11 is 12.1. The summed E-state index contributed by atoms with van der Waals surface area (Å²) in [4.78, 5) is 0. The van der Waals surface area contributed by atoms with Crippen molar-refractivity contribution in [3.8, 4) is 11.5 Å². The zero-order valence-corrected chi connectivity index (χ0v) is 17.9. The number of hydrogen-bond acceptors (Lipinski definition) is 4. The molecule has 0 spiro atoms. The first-order chi connectivity index (χ1) is 12.2. The van der Waals surface area contributed by atoms with E-state index >= 15 is 0 Å². The summed E-state index contributed by atoms with van der Waals surface area (Å²) in [5, 5.41) is 11.2. The van der Waals surface area contributed by atoms with Gasteiger partial charge in [0.05, 0.1) is 18.2 Å². The van der Waals surface area contributed by atoms with E-state index in [2.05, 4.69) is 0 Å². The molecule has 0 bridgehead atoms. The number of hydrogen-bond donors (Lipinski definition) is 2. The summed E-state index contributed by atoms with van der Waals surface area (Å²) < 4.78 is 10.8. The number of benzene rings is 2. The van der Waals surface area contributed by atoms with E-state index in [9.17, 15) is 5.11 Å². The zero-order chi connectivity index (χ0) is 19.3. The third-order valence-electron chi connectivity index (χ3n) is 4.27. The van der Waals surface area contributed by atoms with Gasteiger partial charge in [0.1, 0.15) is 23.1 Å². The van der Waals surface area contributed by atoms with Crippen LogP contribution in [0.5, 0.6) is 11.5 Å². The van der Waals surface area contributed by atoms with Crippen LogP contribution < -0.4 is 15.2 Å². The Morgan fingerprint density at radius 3 is 2.30 bits per heavy atom. The van der Waals surface area contributed by atoms with Crippen molar-refractivity contribution in [2.45, 2.75) is 37.8 Å². The molecule has 2 rings (SSSR count). The molecule has 0 aliphatic rings. The molecule has 150 valence electrons. The molecule has 0 saturated carbocycles. The first-order valence-electron chi connectivity index (χ1n) is 8.40. The van der Waals surface area contributed by atoms with Crippen molar-refractivity contribution in [2.24, 2.45) is 5.73 Å². The number of halogens is 3. The smallest absolute Gasteiger partial charge is 0.139 e. The van der Waals surface area contributed by atoms with Gasteiger partial charge in [-0.2, -0.15) is 0 Å². The second-order valence-electron chi connectivity index (χ2n) is 6.90. The van der Waals surface area contributed by atoms with Gasteiger partial charge < -0.3 is 20.3 Å². The maximum Gasteiger partial charge on any atom is 0.139 e. The van der Waals surface area contributed by atoms with Gasteiger partial charge in [0.25, 0.3) is 0 Å². The number of ether oxygens (including phenoxy) is 2. The van der Waals surface area contributed by atoms with E-state index in [1.54, 1.807) is 25.3 Å². The molecular weight excluding hydrogens is 409 g/mol. The van der Waals surface area contributed by atoms with Gasteiger partial charge in [0, 0.05) is 11.5 Å². The topological polar surface area (TPSA) is 64.7 Å². The number of aliphatic hydroxyl groups excluding tert-OH is 1. The van der Waals surface area contributed by atoms with Crippen LogP contribution in [0.1, 0.15) is 31.7 Å². The van der Waals surface area contributed by atoms with Crippen molar-refractivity contribution < 1.29 is 14.6 Å². The van der Waals surface area contributed by atoms with Crippen molar-refractivity contribution in [1.29, 1.82) is 0 Å². The molecule has 2 atom stereocenters. The van der Waals surface area contributed by atoms with Crippen LogP contribution in [-0.2, 0) is 0 Å². The van der Waals surface area contributed by atoms with Crippen LogP contribution in [0, 0.1) is 0 Å². The van der Waals surface area contributed by atoms with Gasteiger partial charge in [0.15, 0.2) is 0 Å². The minimum absolute atomic E-state index is 0. The van der Waals surface area contributed by atoms with E-state index in [-0.39, 0.29) is 24.9 Å².